The van der Waals surface area contributed by atoms with E-state index in [9.17, 15) is 4.79 Å². The Morgan fingerprint density at radius 2 is 1.68 bits per heavy atom. The number of aromatic nitrogens is 3. The van der Waals surface area contributed by atoms with Crippen molar-refractivity contribution in [1.82, 2.24) is 15.0 Å². The number of aryl methyl sites for hydroxylation is 1. The summed E-state index contributed by atoms with van der Waals surface area (Å²) in [4.78, 5) is 30.0. The Morgan fingerprint density at radius 3 is 2.36 bits per heavy atom. The van der Waals surface area contributed by atoms with Gasteiger partial charge in [-0.25, -0.2) is 15.0 Å². The average Bonchev–Trinajstić information content (AvgIpc) is 2.75. The number of nitrogens with zero attached hydrogens (tertiary/aromatic N) is 5. The number of hydrogen-bond donors (Lipinski definition) is 1. The van der Waals surface area contributed by atoms with Crippen LogP contribution in [0.15, 0.2) is 61.1 Å². The molecule has 0 radical (unpaired) electrons. The highest BCUT2D eigenvalue weighted by Gasteiger charge is 2.19. The van der Waals surface area contributed by atoms with Crippen LogP contribution in [0.2, 0.25) is 0 Å². The maximum atomic E-state index is 12.3. The number of pyridine rings is 1. The quantitative estimate of drug-likeness (QED) is 0.757. The predicted octanol–water partition coefficient (Wildman–Crippen LogP) is 2.76. The summed E-state index contributed by atoms with van der Waals surface area (Å²) in [6.07, 6.45) is 5.12. The van der Waals surface area contributed by atoms with Gasteiger partial charge >= 0.3 is 0 Å². The lowest BCUT2D eigenvalue weighted by Gasteiger charge is -2.35. The van der Waals surface area contributed by atoms with Crippen molar-refractivity contribution in [3.8, 4) is 0 Å². The molecule has 0 bridgehead atoms. The zero-order chi connectivity index (χ0) is 19.3. The summed E-state index contributed by atoms with van der Waals surface area (Å²) in [7, 11) is 0. The van der Waals surface area contributed by atoms with E-state index in [2.05, 4.69) is 30.1 Å². The average molecular weight is 374 g/mol. The van der Waals surface area contributed by atoms with Gasteiger partial charge in [0.15, 0.2) is 0 Å². The van der Waals surface area contributed by atoms with Gasteiger partial charge in [-0.1, -0.05) is 23.8 Å². The van der Waals surface area contributed by atoms with E-state index in [4.69, 9.17) is 0 Å². The van der Waals surface area contributed by atoms with Gasteiger partial charge in [0, 0.05) is 37.9 Å². The molecule has 28 heavy (non-hydrogen) atoms. The van der Waals surface area contributed by atoms with E-state index in [0.717, 1.165) is 37.6 Å². The van der Waals surface area contributed by atoms with Crippen LogP contribution in [-0.2, 0) is 0 Å². The Hall–Kier alpha value is -3.48. The molecule has 1 aliphatic rings. The lowest BCUT2D eigenvalue weighted by atomic mass is 10.1. The monoisotopic (exact) mass is 374 g/mol. The number of carbonyl (C=O) groups is 1. The van der Waals surface area contributed by atoms with Crippen LogP contribution >= 0.6 is 0 Å². The molecular weight excluding hydrogens is 352 g/mol. The minimum Gasteiger partial charge on any atom is -0.353 e. The van der Waals surface area contributed by atoms with Gasteiger partial charge in [0.1, 0.15) is 5.82 Å². The first-order valence-electron chi connectivity index (χ1n) is 9.30. The molecule has 3 heterocycles. The number of amides is 1. The molecule has 4 rings (SSSR count). The van der Waals surface area contributed by atoms with E-state index in [1.807, 2.05) is 49.5 Å². The normalized spacial score (nSPS) is 14.0. The second-order valence-electron chi connectivity index (χ2n) is 6.76. The Labute approximate surface area is 164 Å². The van der Waals surface area contributed by atoms with Crippen molar-refractivity contribution in [2.45, 2.75) is 6.92 Å². The third-order valence-electron chi connectivity index (χ3n) is 4.71. The molecule has 7 nitrogen and oxygen atoms in total. The Bertz CT molecular complexity index is 937. The number of piperazine rings is 1. The Balaban J connectivity index is 1.35. The van der Waals surface area contributed by atoms with E-state index >= 15 is 0 Å². The molecule has 0 unspecified atom stereocenters. The van der Waals surface area contributed by atoms with E-state index in [1.165, 1.54) is 0 Å². The Morgan fingerprint density at radius 1 is 0.929 bits per heavy atom. The summed E-state index contributed by atoms with van der Waals surface area (Å²) >= 11 is 0. The van der Waals surface area contributed by atoms with Crippen molar-refractivity contribution in [3.05, 3.63) is 72.2 Å². The highest BCUT2D eigenvalue weighted by molar-refractivity contribution is 6.04. The van der Waals surface area contributed by atoms with Gasteiger partial charge in [0.05, 0.1) is 18.1 Å². The van der Waals surface area contributed by atoms with Gasteiger partial charge in [-0.15, -0.1) is 0 Å². The molecule has 1 amide bonds. The molecule has 1 fully saturated rings. The summed E-state index contributed by atoms with van der Waals surface area (Å²) in [5.74, 6) is 1.51. The smallest absolute Gasteiger partial charge is 0.255 e. The van der Waals surface area contributed by atoms with E-state index < -0.39 is 0 Å². The highest BCUT2D eigenvalue weighted by atomic mass is 16.1. The highest BCUT2D eigenvalue weighted by Crippen LogP contribution is 2.17. The molecule has 1 aromatic carbocycles. The molecule has 0 spiro atoms. The van der Waals surface area contributed by atoms with Crippen LogP contribution in [0.4, 0.5) is 17.5 Å². The van der Waals surface area contributed by atoms with Gasteiger partial charge in [-0.2, -0.15) is 0 Å². The largest absolute Gasteiger partial charge is 0.353 e. The van der Waals surface area contributed by atoms with E-state index in [1.54, 1.807) is 18.5 Å². The van der Waals surface area contributed by atoms with Crippen LogP contribution in [0.1, 0.15) is 15.9 Å². The fourth-order valence-corrected chi connectivity index (χ4v) is 3.21. The van der Waals surface area contributed by atoms with Gasteiger partial charge in [0.2, 0.25) is 5.95 Å². The predicted molar refractivity (Wildman–Crippen MR) is 110 cm³/mol. The molecule has 1 aliphatic heterocycles. The van der Waals surface area contributed by atoms with Crippen LogP contribution in [0.25, 0.3) is 0 Å². The second-order valence-corrected chi connectivity index (χ2v) is 6.76. The molecule has 1 saturated heterocycles. The summed E-state index contributed by atoms with van der Waals surface area (Å²) in [5, 5.41) is 2.85. The lowest BCUT2D eigenvalue weighted by molar-refractivity contribution is 0.102. The molecular formula is C21H22N6O. The number of hydrogen-bond acceptors (Lipinski definition) is 6. The fraction of sp³-hybridized carbons (Fsp3) is 0.238. The van der Waals surface area contributed by atoms with Crippen LogP contribution in [-0.4, -0.2) is 47.0 Å². The SMILES string of the molecule is Cc1cccc(C(=O)Nc2cnc(N3CCN(c4ccccn4)CC3)nc2)c1. The number of benzene rings is 1. The van der Waals surface area contributed by atoms with E-state index in [-0.39, 0.29) is 5.91 Å². The van der Waals surface area contributed by atoms with Crippen molar-refractivity contribution >= 4 is 23.4 Å². The standard InChI is InChI=1S/C21H22N6O/c1-16-5-4-6-17(13-16)20(28)25-18-14-23-21(24-15-18)27-11-9-26(10-12-27)19-7-2-3-8-22-19/h2-8,13-15H,9-12H2,1H3,(H,25,28). The number of carbonyl (C=O) groups excluding carboxylic acids is 1. The molecule has 0 saturated carbocycles. The Kier molecular flexibility index (Phi) is 5.14. The van der Waals surface area contributed by atoms with Crippen LogP contribution < -0.4 is 15.1 Å². The number of nitrogens with one attached hydrogen (secondary N) is 1. The molecule has 7 heteroatoms. The summed E-state index contributed by atoms with van der Waals surface area (Å²) in [6.45, 7) is 5.35. The lowest BCUT2D eigenvalue weighted by Crippen LogP contribution is -2.47. The minimum absolute atomic E-state index is 0.163. The van der Waals surface area contributed by atoms with Gasteiger partial charge in [0.25, 0.3) is 5.91 Å². The van der Waals surface area contributed by atoms with Crippen molar-refractivity contribution in [1.29, 1.82) is 0 Å². The van der Waals surface area contributed by atoms with Crippen molar-refractivity contribution in [2.75, 3.05) is 41.3 Å². The van der Waals surface area contributed by atoms with Gasteiger partial charge in [-0.05, 0) is 31.2 Å². The summed E-state index contributed by atoms with van der Waals surface area (Å²) in [5.41, 5.74) is 2.25. The number of rotatable bonds is 4. The first-order chi connectivity index (χ1) is 13.7. The van der Waals surface area contributed by atoms with Crippen molar-refractivity contribution < 1.29 is 4.79 Å². The second kappa shape index (κ2) is 8.04. The summed E-state index contributed by atoms with van der Waals surface area (Å²) < 4.78 is 0. The third kappa shape index (κ3) is 4.09. The van der Waals surface area contributed by atoms with Crippen molar-refractivity contribution in [2.24, 2.45) is 0 Å². The number of anilines is 3. The van der Waals surface area contributed by atoms with E-state index in [0.29, 0.717) is 17.2 Å². The maximum Gasteiger partial charge on any atom is 0.255 e. The van der Waals surface area contributed by atoms with Crippen LogP contribution in [0.3, 0.4) is 0 Å². The molecule has 3 aromatic rings. The minimum atomic E-state index is -0.163. The van der Waals surface area contributed by atoms with Gasteiger partial charge in [-0.3, -0.25) is 4.79 Å². The topological polar surface area (TPSA) is 74.2 Å². The molecule has 0 atom stereocenters. The van der Waals surface area contributed by atoms with Gasteiger partial charge < -0.3 is 15.1 Å². The van der Waals surface area contributed by atoms with Crippen molar-refractivity contribution in [3.63, 3.8) is 0 Å². The van der Waals surface area contributed by atoms with Crippen LogP contribution in [0, 0.1) is 6.92 Å². The fourth-order valence-electron chi connectivity index (χ4n) is 3.21. The molecule has 2 aromatic heterocycles. The van der Waals surface area contributed by atoms with Crippen LogP contribution in [0.5, 0.6) is 0 Å². The zero-order valence-electron chi connectivity index (χ0n) is 15.7. The summed E-state index contributed by atoms with van der Waals surface area (Å²) in [6, 6.07) is 13.4. The first kappa shape index (κ1) is 17.9. The zero-order valence-corrected chi connectivity index (χ0v) is 15.7. The first-order valence-corrected chi connectivity index (χ1v) is 9.30. The molecule has 142 valence electrons. The maximum absolute atomic E-state index is 12.3. The third-order valence-corrected chi connectivity index (χ3v) is 4.71. The molecule has 1 N–H and O–H groups in total. The molecule has 0 aliphatic carbocycles.